The molecule has 1 fully saturated rings. The molecule has 1 saturated heterocycles. The Morgan fingerprint density at radius 1 is 1.12 bits per heavy atom. The molecule has 0 spiro atoms. The number of nitrogens with zero attached hydrogens (tertiary/aromatic N) is 1. The highest BCUT2D eigenvalue weighted by Crippen LogP contribution is 2.25. The molecule has 2 aromatic carbocycles. The number of carbonyl (C=O) groups is 2. The van der Waals surface area contributed by atoms with Gasteiger partial charge in [0, 0.05) is 13.1 Å². The fraction of sp³-hybridized carbons (Fsp3) is 0.440. The zero-order valence-corrected chi connectivity index (χ0v) is 19.1. The summed E-state index contributed by atoms with van der Waals surface area (Å²) in [7, 11) is 1.60. The Balaban J connectivity index is 1.70. The monoisotopic (exact) mass is 442 g/mol. The largest absolute Gasteiger partial charge is 0.497 e. The van der Waals surface area contributed by atoms with E-state index in [-0.39, 0.29) is 23.7 Å². The number of hydrogen-bond acceptors (Lipinski definition) is 4. The van der Waals surface area contributed by atoms with Gasteiger partial charge in [-0.2, -0.15) is 0 Å². The summed E-state index contributed by atoms with van der Waals surface area (Å²) in [4.78, 5) is 27.0. The molecule has 0 bridgehead atoms. The molecule has 2 atom stereocenters. The summed E-state index contributed by atoms with van der Waals surface area (Å²) < 4.78 is 24.0. The van der Waals surface area contributed by atoms with Crippen LogP contribution in [-0.4, -0.2) is 42.7 Å². The quantitative estimate of drug-likeness (QED) is 0.716. The molecule has 1 aliphatic heterocycles. The predicted molar refractivity (Wildman–Crippen MR) is 120 cm³/mol. The Bertz CT molecular complexity index is 922. The SMILES string of the molecule is COc1ccc(C(Cc2ccc(F)cc2)NC(=O)C2CCN(C(=O)OC(C)(C)C)C2)cc1. The van der Waals surface area contributed by atoms with Crippen molar-refractivity contribution in [3.63, 3.8) is 0 Å². The minimum Gasteiger partial charge on any atom is -0.497 e. The summed E-state index contributed by atoms with van der Waals surface area (Å²) in [5.74, 6) is 0.00634. The number of methoxy groups -OCH3 is 1. The molecule has 2 amide bonds. The van der Waals surface area contributed by atoms with Crippen molar-refractivity contribution in [1.82, 2.24) is 10.2 Å². The minimum atomic E-state index is -0.577. The smallest absolute Gasteiger partial charge is 0.410 e. The van der Waals surface area contributed by atoms with Gasteiger partial charge in [-0.05, 0) is 69.0 Å². The first-order chi connectivity index (χ1) is 15.1. The molecule has 7 heteroatoms. The molecule has 0 radical (unpaired) electrons. The zero-order valence-electron chi connectivity index (χ0n) is 19.1. The van der Waals surface area contributed by atoms with Crippen molar-refractivity contribution in [3.05, 3.63) is 65.5 Å². The second-order valence-electron chi connectivity index (χ2n) is 9.08. The van der Waals surface area contributed by atoms with Crippen LogP contribution in [0.2, 0.25) is 0 Å². The van der Waals surface area contributed by atoms with Crippen LogP contribution in [0.1, 0.15) is 44.4 Å². The highest BCUT2D eigenvalue weighted by Gasteiger charge is 2.34. The van der Waals surface area contributed by atoms with E-state index in [0.717, 1.165) is 16.9 Å². The van der Waals surface area contributed by atoms with Gasteiger partial charge in [0.1, 0.15) is 17.2 Å². The Labute approximate surface area is 188 Å². The van der Waals surface area contributed by atoms with E-state index in [1.807, 2.05) is 45.0 Å². The third kappa shape index (κ3) is 6.45. The fourth-order valence-electron chi connectivity index (χ4n) is 3.70. The summed E-state index contributed by atoms with van der Waals surface area (Å²) >= 11 is 0. The third-order valence-corrected chi connectivity index (χ3v) is 5.40. The summed E-state index contributed by atoms with van der Waals surface area (Å²) in [6, 6.07) is 13.5. The zero-order chi connectivity index (χ0) is 23.3. The summed E-state index contributed by atoms with van der Waals surface area (Å²) in [6.45, 7) is 6.27. The predicted octanol–water partition coefficient (Wildman–Crippen LogP) is 4.49. The molecule has 1 N–H and O–H groups in total. The lowest BCUT2D eigenvalue weighted by molar-refractivity contribution is -0.125. The summed E-state index contributed by atoms with van der Waals surface area (Å²) in [5, 5.41) is 3.13. The van der Waals surface area contributed by atoms with Gasteiger partial charge >= 0.3 is 6.09 Å². The van der Waals surface area contributed by atoms with E-state index >= 15 is 0 Å². The normalized spacial score (nSPS) is 17.0. The van der Waals surface area contributed by atoms with Gasteiger partial charge in [0.2, 0.25) is 5.91 Å². The Hall–Kier alpha value is -3.09. The van der Waals surface area contributed by atoms with Crippen LogP contribution >= 0.6 is 0 Å². The number of amides is 2. The first-order valence-corrected chi connectivity index (χ1v) is 10.8. The van der Waals surface area contributed by atoms with Gasteiger partial charge in [-0.25, -0.2) is 9.18 Å². The van der Waals surface area contributed by atoms with E-state index in [0.29, 0.717) is 25.9 Å². The number of halogens is 1. The number of likely N-dealkylation sites (tertiary alicyclic amines) is 1. The van der Waals surface area contributed by atoms with Crippen LogP contribution in [0.5, 0.6) is 5.75 Å². The van der Waals surface area contributed by atoms with E-state index < -0.39 is 11.7 Å². The molecule has 2 unspecified atom stereocenters. The molecular formula is C25H31FN2O4. The van der Waals surface area contributed by atoms with Gasteiger partial charge < -0.3 is 19.7 Å². The molecule has 1 aliphatic rings. The van der Waals surface area contributed by atoms with E-state index in [4.69, 9.17) is 9.47 Å². The highest BCUT2D eigenvalue weighted by atomic mass is 19.1. The van der Waals surface area contributed by atoms with Crippen LogP contribution in [0.25, 0.3) is 0 Å². The van der Waals surface area contributed by atoms with Crippen LogP contribution in [0.3, 0.4) is 0 Å². The molecule has 32 heavy (non-hydrogen) atoms. The van der Waals surface area contributed by atoms with Gasteiger partial charge in [0.15, 0.2) is 0 Å². The van der Waals surface area contributed by atoms with Crippen molar-refractivity contribution < 1.29 is 23.5 Å². The highest BCUT2D eigenvalue weighted by molar-refractivity contribution is 5.81. The van der Waals surface area contributed by atoms with Crippen molar-refractivity contribution in [2.45, 2.75) is 45.3 Å². The second kappa shape index (κ2) is 10.0. The average molecular weight is 443 g/mol. The van der Waals surface area contributed by atoms with Crippen molar-refractivity contribution in [1.29, 1.82) is 0 Å². The topological polar surface area (TPSA) is 67.9 Å². The third-order valence-electron chi connectivity index (χ3n) is 5.40. The number of benzene rings is 2. The minimum absolute atomic E-state index is 0.112. The number of hydrogen-bond donors (Lipinski definition) is 1. The number of rotatable bonds is 6. The molecule has 1 heterocycles. The maximum Gasteiger partial charge on any atom is 0.410 e. The van der Waals surface area contributed by atoms with Gasteiger partial charge in [0.05, 0.1) is 19.1 Å². The number of carbonyl (C=O) groups excluding carboxylic acids is 2. The van der Waals surface area contributed by atoms with E-state index in [1.54, 1.807) is 24.1 Å². The van der Waals surface area contributed by atoms with Crippen molar-refractivity contribution in [2.24, 2.45) is 5.92 Å². The molecule has 0 aliphatic carbocycles. The van der Waals surface area contributed by atoms with E-state index in [2.05, 4.69) is 5.32 Å². The Kier molecular flexibility index (Phi) is 7.38. The molecule has 6 nitrogen and oxygen atoms in total. The summed E-state index contributed by atoms with van der Waals surface area (Å²) in [5.41, 5.74) is 1.26. The standard InChI is InChI=1S/C25H31FN2O4/c1-25(2,3)32-24(30)28-14-13-19(16-28)23(29)27-22(15-17-5-9-20(26)10-6-17)18-7-11-21(31-4)12-8-18/h5-12,19,22H,13-16H2,1-4H3,(H,27,29). The van der Waals surface area contributed by atoms with Crippen molar-refractivity contribution >= 4 is 12.0 Å². The molecule has 2 aromatic rings. The van der Waals surface area contributed by atoms with Crippen LogP contribution in [0, 0.1) is 11.7 Å². The van der Waals surface area contributed by atoms with E-state index in [1.165, 1.54) is 12.1 Å². The van der Waals surface area contributed by atoms with Gasteiger partial charge in [-0.1, -0.05) is 24.3 Å². The second-order valence-corrected chi connectivity index (χ2v) is 9.08. The van der Waals surface area contributed by atoms with Gasteiger partial charge in [-0.15, -0.1) is 0 Å². The molecular weight excluding hydrogens is 411 g/mol. The number of ether oxygens (including phenoxy) is 2. The lowest BCUT2D eigenvalue weighted by Crippen LogP contribution is -2.38. The first-order valence-electron chi connectivity index (χ1n) is 10.8. The molecule has 0 saturated carbocycles. The molecule has 3 rings (SSSR count). The Morgan fingerprint density at radius 2 is 1.78 bits per heavy atom. The molecule has 172 valence electrons. The van der Waals surface area contributed by atoms with Crippen LogP contribution in [0.15, 0.2) is 48.5 Å². The summed E-state index contributed by atoms with van der Waals surface area (Å²) in [6.07, 6.45) is 0.698. The van der Waals surface area contributed by atoms with Crippen molar-refractivity contribution in [3.8, 4) is 5.75 Å². The van der Waals surface area contributed by atoms with E-state index in [9.17, 15) is 14.0 Å². The lowest BCUT2D eigenvalue weighted by Gasteiger charge is -2.25. The number of nitrogens with one attached hydrogen (secondary N) is 1. The first kappa shape index (κ1) is 23.6. The Morgan fingerprint density at radius 3 is 2.38 bits per heavy atom. The maximum absolute atomic E-state index is 13.3. The fourth-order valence-corrected chi connectivity index (χ4v) is 3.70. The average Bonchev–Trinajstić information content (AvgIpc) is 3.24. The lowest BCUT2D eigenvalue weighted by atomic mass is 9.97. The molecule has 0 aromatic heterocycles. The van der Waals surface area contributed by atoms with Crippen LogP contribution < -0.4 is 10.1 Å². The van der Waals surface area contributed by atoms with Gasteiger partial charge in [-0.3, -0.25) is 4.79 Å². The van der Waals surface area contributed by atoms with Crippen LogP contribution in [0.4, 0.5) is 9.18 Å². The maximum atomic E-state index is 13.3. The van der Waals surface area contributed by atoms with Gasteiger partial charge in [0.25, 0.3) is 0 Å². The van der Waals surface area contributed by atoms with Crippen LogP contribution in [-0.2, 0) is 16.0 Å². The van der Waals surface area contributed by atoms with Crippen molar-refractivity contribution in [2.75, 3.05) is 20.2 Å².